The molecule has 0 aliphatic rings. The fraction of sp³-hybridized carbons (Fsp3) is 0.333. The van der Waals surface area contributed by atoms with E-state index in [-0.39, 0.29) is 37.4 Å². The number of benzene rings is 2. The zero-order valence-corrected chi connectivity index (χ0v) is 18.8. The van der Waals surface area contributed by atoms with E-state index in [0.717, 1.165) is 12.8 Å². The third kappa shape index (κ3) is 13.2. The Morgan fingerprint density at radius 2 is 1.11 bits per heavy atom. The third-order valence-corrected chi connectivity index (χ3v) is 3.12. The molecule has 2 aromatic rings. The van der Waals surface area contributed by atoms with Crippen LogP contribution in [0.3, 0.4) is 0 Å². The summed E-state index contributed by atoms with van der Waals surface area (Å²) in [5.74, 6) is -0.0146. The predicted octanol–water partition coefficient (Wildman–Crippen LogP) is 1.79. The van der Waals surface area contributed by atoms with Crippen molar-refractivity contribution in [2.75, 3.05) is 13.1 Å². The Balaban J connectivity index is 0. The number of unbranched alkanes of at least 4 members (excludes halogenated alkanes) is 1. The molecule has 1 radical (unpaired) electrons. The van der Waals surface area contributed by atoms with Crippen LogP contribution in [0.4, 0.5) is 0 Å². The first kappa shape index (κ1) is 28.2. The first-order valence-electron chi connectivity index (χ1n) is 8.68. The third-order valence-electron chi connectivity index (χ3n) is 3.12. The molecule has 2 rings (SSSR count). The van der Waals surface area contributed by atoms with E-state index in [1.165, 1.54) is 12.1 Å². The predicted molar refractivity (Wildman–Crippen MR) is 102 cm³/mol. The average Bonchev–Trinajstić information content (AvgIpc) is 2.60. The molecule has 0 bridgehead atoms. The van der Waals surface area contributed by atoms with Gasteiger partial charge in [0.1, 0.15) is 0 Å². The molecule has 0 saturated carbocycles. The zero-order chi connectivity index (χ0) is 19.2. The van der Waals surface area contributed by atoms with Crippen molar-refractivity contribution in [3.63, 3.8) is 0 Å². The molecule has 7 heteroatoms. The molecule has 0 aromatic heterocycles. The summed E-state index contributed by atoms with van der Waals surface area (Å²) in [6.07, 6.45) is 4.63. The van der Waals surface area contributed by atoms with Crippen LogP contribution in [0.1, 0.15) is 37.8 Å². The molecular weight excluding hydrogens is 530 g/mol. The molecule has 0 spiro atoms. The largest absolute Gasteiger partial charge is 2.00 e. The van der Waals surface area contributed by atoms with Crippen LogP contribution in [0.5, 0.6) is 11.5 Å². The fourth-order valence-electron chi connectivity index (χ4n) is 1.91. The van der Waals surface area contributed by atoms with Crippen LogP contribution in [0.25, 0.3) is 0 Å². The maximum Gasteiger partial charge on any atom is 0.0390 e. The van der Waals surface area contributed by atoms with Crippen LogP contribution < -0.4 is 15.3 Å². The summed E-state index contributed by atoms with van der Waals surface area (Å²) >= 11 is 0. The summed E-state index contributed by atoms with van der Waals surface area (Å²) < 4.78 is 0. The van der Waals surface area contributed by atoms with Crippen molar-refractivity contribution in [1.82, 2.24) is 0 Å². The molecule has 0 saturated heterocycles. The van der Waals surface area contributed by atoms with E-state index in [1.807, 2.05) is 12.1 Å². The topological polar surface area (TPSA) is 122 Å². The van der Waals surface area contributed by atoms with Crippen molar-refractivity contribution in [2.45, 2.75) is 32.8 Å². The Morgan fingerprint density at radius 1 is 0.786 bits per heavy atom. The van der Waals surface area contributed by atoms with E-state index >= 15 is 0 Å². The minimum atomic E-state index is -0.417. The molecular formula is C21H25N2O4Re-5. The Hall–Kier alpha value is -2.04. The molecule has 0 aliphatic carbocycles. The normalized spacial score (nSPS) is 10.3. The number of hydrogen-bond acceptors (Lipinski definition) is 5. The van der Waals surface area contributed by atoms with Gasteiger partial charge >= 0.3 is 0 Å². The van der Waals surface area contributed by atoms with E-state index in [9.17, 15) is 15.3 Å². The molecule has 0 N–H and O–H groups in total. The first-order valence-corrected chi connectivity index (χ1v) is 8.68. The first-order chi connectivity index (χ1) is 12.5. The molecule has 155 valence electrons. The van der Waals surface area contributed by atoms with Gasteiger partial charge in [-0.2, -0.15) is 0 Å². The van der Waals surface area contributed by atoms with Gasteiger partial charge in [-0.3, -0.25) is 9.98 Å². The van der Waals surface area contributed by atoms with Crippen molar-refractivity contribution in [3.8, 4) is 11.5 Å². The second-order valence-electron chi connectivity index (χ2n) is 5.90. The van der Waals surface area contributed by atoms with Gasteiger partial charge in [0.05, 0.1) is 0 Å². The molecule has 0 unspecified atom stereocenters. The second kappa shape index (κ2) is 17.1. The second-order valence-corrected chi connectivity index (χ2v) is 5.90. The van der Waals surface area contributed by atoms with Crippen LogP contribution in [0, 0.1) is 0 Å². The van der Waals surface area contributed by atoms with Crippen LogP contribution >= 0.6 is 0 Å². The van der Waals surface area contributed by atoms with Gasteiger partial charge in [0.2, 0.25) is 0 Å². The maximum absolute atomic E-state index is 11.5. The molecule has 6 nitrogen and oxygen atoms in total. The van der Waals surface area contributed by atoms with Crippen molar-refractivity contribution < 1.29 is 41.2 Å². The fourth-order valence-corrected chi connectivity index (χ4v) is 1.91. The van der Waals surface area contributed by atoms with Crippen molar-refractivity contribution in [1.29, 1.82) is 0 Å². The van der Waals surface area contributed by atoms with E-state index < -0.39 is 6.10 Å². The number of aliphatic imine (C=N–C) groups is 2. The van der Waals surface area contributed by atoms with Gasteiger partial charge in [-0.05, 0) is 24.0 Å². The minimum Gasteiger partial charge on any atom is -2.00 e. The molecule has 2 aromatic carbocycles. The van der Waals surface area contributed by atoms with Gasteiger partial charge in [0, 0.05) is 45.9 Å². The van der Waals surface area contributed by atoms with Crippen LogP contribution in [0.2, 0.25) is 0 Å². The summed E-state index contributed by atoms with van der Waals surface area (Å²) in [4.78, 5) is 8.49. The molecule has 0 aliphatic heterocycles. The van der Waals surface area contributed by atoms with Gasteiger partial charge in [-0.1, -0.05) is 62.4 Å². The van der Waals surface area contributed by atoms with Crippen molar-refractivity contribution >= 4 is 12.4 Å². The molecule has 0 fully saturated rings. The van der Waals surface area contributed by atoms with Gasteiger partial charge in [0.15, 0.2) is 0 Å². The minimum absolute atomic E-state index is 0. The SMILES string of the molecule is CC(C)[O-].[O-2].[O-]c1ccccc1C=NCCCCN=Cc1ccccc1[O-].[Re]. The Kier molecular flexibility index (Phi) is 17.2. The van der Waals surface area contributed by atoms with Gasteiger partial charge < -0.3 is 20.8 Å². The van der Waals surface area contributed by atoms with Crippen molar-refractivity contribution in [3.05, 3.63) is 59.7 Å². The smallest absolute Gasteiger partial charge is 0.0390 e. The summed E-state index contributed by atoms with van der Waals surface area (Å²) in [7, 11) is 0. The van der Waals surface area contributed by atoms with Crippen molar-refractivity contribution in [2.24, 2.45) is 9.98 Å². The Bertz CT molecular complexity index is 646. The number of nitrogens with zero attached hydrogens (tertiary/aromatic N) is 2. The standard InChI is InChI=1S/C18H20N2O2.C3H7O.O.Re/c21-17-9-3-1-7-15(17)13-19-11-5-6-12-20-14-16-8-2-4-10-18(16)22;1-3(2)4;;/h1-4,7-10,13-14,21-22H,5-6,11-12H2;3H,1-2H3;;/q;-1;-2;/p-2. The number of rotatable bonds is 7. The molecule has 0 amide bonds. The average molecular weight is 556 g/mol. The number of hydrogen-bond donors (Lipinski definition) is 0. The van der Waals surface area contributed by atoms with E-state index in [1.54, 1.807) is 50.5 Å². The molecule has 28 heavy (non-hydrogen) atoms. The van der Waals surface area contributed by atoms with Gasteiger partial charge in [0.25, 0.3) is 0 Å². The van der Waals surface area contributed by atoms with E-state index in [2.05, 4.69) is 9.98 Å². The summed E-state index contributed by atoms with van der Waals surface area (Å²) in [6.45, 7) is 4.56. The Labute approximate surface area is 180 Å². The Morgan fingerprint density at radius 3 is 1.43 bits per heavy atom. The van der Waals surface area contributed by atoms with E-state index in [4.69, 9.17) is 0 Å². The maximum atomic E-state index is 11.5. The van der Waals surface area contributed by atoms with Crippen LogP contribution in [-0.4, -0.2) is 31.6 Å². The van der Waals surface area contributed by atoms with Gasteiger partial charge in [-0.15, -0.1) is 17.6 Å². The quantitative estimate of drug-likeness (QED) is 0.382. The molecule has 0 heterocycles. The zero-order valence-electron chi connectivity index (χ0n) is 16.1. The monoisotopic (exact) mass is 556 g/mol. The van der Waals surface area contributed by atoms with E-state index in [0.29, 0.717) is 24.2 Å². The van der Waals surface area contributed by atoms with Gasteiger partial charge in [-0.25, -0.2) is 0 Å². The van der Waals surface area contributed by atoms with Crippen LogP contribution in [-0.2, 0) is 25.9 Å². The summed E-state index contributed by atoms with van der Waals surface area (Å²) in [6, 6.07) is 13.7. The number of para-hydroxylation sites is 2. The summed E-state index contributed by atoms with van der Waals surface area (Å²) in [5, 5.41) is 32.4. The summed E-state index contributed by atoms with van der Waals surface area (Å²) in [5.41, 5.74) is 1.24. The molecule has 0 atom stereocenters. The van der Waals surface area contributed by atoms with Crippen LogP contribution in [0.15, 0.2) is 58.5 Å².